The minimum atomic E-state index is -0.868. The summed E-state index contributed by atoms with van der Waals surface area (Å²) in [5, 5.41) is 18.4. The van der Waals surface area contributed by atoms with E-state index in [-0.39, 0.29) is 18.4 Å². The first-order chi connectivity index (χ1) is 6.29. The van der Waals surface area contributed by atoms with Gasteiger partial charge in [0.05, 0.1) is 18.6 Å². The van der Waals surface area contributed by atoms with Gasteiger partial charge in [0.25, 0.3) is 0 Å². The van der Waals surface area contributed by atoms with E-state index in [1.54, 1.807) is 0 Å². The number of rotatable bonds is 5. The van der Waals surface area contributed by atoms with E-state index in [4.69, 9.17) is 9.84 Å². The Hall–Kier alpha value is -0.610. The maximum absolute atomic E-state index is 10.9. The van der Waals surface area contributed by atoms with Crippen molar-refractivity contribution in [3.05, 3.63) is 0 Å². The van der Waals surface area contributed by atoms with Gasteiger partial charge >= 0.3 is 5.97 Å². The first-order valence-electron chi connectivity index (χ1n) is 4.68. The van der Waals surface area contributed by atoms with Gasteiger partial charge in [-0.15, -0.1) is 0 Å². The maximum atomic E-state index is 10.9. The molecular weight excluding hydrogens is 184 g/mol. The molecule has 84 valence electrons. The predicted octanol–water partition coefficient (Wildman–Crippen LogP) is 1.13. The van der Waals surface area contributed by atoms with E-state index < -0.39 is 18.0 Å². The number of aliphatic carboxylic acids is 1. The largest absolute Gasteiger partial charge is 0.481 e. The third-order valence-corrected chi connectivity index (χ3v) is 2.21. The lowest BCUT2D eigenvalue weighted by Gasteiger charge is -2.28. The summed E-state index contributed by atoms with van der Waals surface area (Å²) < 4.78 is 4.75. The summed E-state index contributed by atoms with van der Waals surface area (Å²) in [6, 6.07) is 0. The Kier molecular flexibility index (Phi) is 5.08. The van der Waals surface area contributed by atoms with Gasteiger partial charge in [-0.1, -0.05) is 20.8 Å². The molecule has 0 aliphatic heterocycles. The second kappa shape index (κ2) is 5.32. The minimum Gasteiger partial charge on any atom is -0.481 e. The molecule has 0 saturated heterocycles. The number of ether oxygens (including phenoxy) is 1. The van der Waals surface area contributed by atoms with Gasteiger partial charge in [-0.05, 0) is 11.8 Å². The molecule has 0 spiro atoms. The highest BCUT2D eigenvalue weighted by Crippen LogP contribution is 2.29. The van der Waals surface area contributed by atoms with Gasteiger partial charge in [0.2, 0.25) is 0 Å². The summed E-state index contributed by atoms with van der Waals surface area (Å²) in [6.45, 7) is 5.74. The number of methoxy groups -OCH3 is 1. The second-order valence-corrected chi connectivity index (χ2v) is 4.60. The molecule has 0 aromatic heterocycles. The summed E-state index contributed by atoms with van der Waals surface area (Å²) in [5.74, 6) is -1.42. The number of carboxylic acids is 1. The summed E-state index contributed by atoms with van der Waals surface area (Å²) in [6.07, 6.45) is -0.479. The molecule has 2 unspecified atom stereocenters. The van der Waals surface area contributed by atoms with E-state index in [2.05, 4.69) is 0 Å². The molecule has 0 amide bonds. The van der Waals surface area contributed by atoms with Gasteiger partial charge in [0.1, 0.15) is 0 Å². The number of aliphatic hydroxyl groups is 1. The molecule has 0 bridgehead atoms. The van der Waals surface area contributed by atoms with Crippen LogP contribution in [0.3, 0.4) is 0 Å². The lowest BCUT2D eigenvalue weighted by molar-refractivity contribution is -0.147. The third kappa shape index (κ3) is 4.58. The summed E-state index contributed by atoms with van der Waals surface area (Å²) in [5.41, 5.74) is -0.347. The standard InChI is InChI=1S/C10H20O4/c1-10(2,3)8(9(12)13)5-7(11)6-14-4/h7-8,11H,5-6H2,1-4H3,(H,12,13). The molecule has 0 heterocycles. The summed E-state index contributed by atoms with van der Waals surface area (Å²) >= 11 is 0. The van der Waals surface area contributed by atoms with Crippen LogP contribution in [0.5, 0.6) is 0 Å². The number of carboxylic acid groups (broad SMARTS) is 1. The summed E-state index contributed by atoms with van der Waals surface area (Å²) in [7, 11) is 1.48. The molecule has 2 N–H and O–H groups in total. The Labute approximate surface area is 84.9 Å². The van der Waals surface area contributed by atoms with Crippen LogP contribution in [0, 0.1) is 11.3 Å². The topological polar surface area (TPSA) is 66.8 Å². The molecule has 0 fully saturated rings. The smallest absolute Gasteiger partial charge is 0.307 e. The van der Waals surface area contributed by atoms with E-state index in [1.807, 2.05) is 20.8 Å². The van der Waals surface area contributed by atoms with Crippen LogP contribution in [0.1, 0.15) is 27.2 Å². The fourth-order valence-electron chi connectivity index (χ4n) is 1.36. The van der Waals surface area contributed by atoms with Gasteiger partial charge in [-0.25, -0.2) is 0 Å². The third-order valence-electron chi connectivity index (χ3n) is 2.21. The van der Waals surface area contributed by atoms with E-state index in [0.29, 0.717) is 0 Å². The van der Waals surface area contributed by atoms with Crippen LogP contribution in [-0.2, 0) is 9.53 Å². The average Bonchev–Trinajstić information content (AvgIpc) is 1.98. The first kappa shape index (κ1) is 13.4. The molecule has 0 rings (SSSR count). The number of carbonyl (C=O) groups is 1. The molecular formula is C10H20O4. The number of hydrogen-bond acceptors (Lipinski definition) is 3. The van der Waals surface area contributed by atoms with E-state index in [0.717, 1.165) is 0 Å². The van der Waals surface area contributed by atoms with E-state index in [9.17, 15) is 9.90 Å². The van der Waals surface area contributed by atoms with Crippen LogP contribution in [0.25, 0.3) is 0 Å². The Morgan fingerprint density at radius 2 is 1.93 bits per heavy atom. The zero-order chi connectivity index (χ0) is 11.4. The zero-order valence-electron chi connectivity index (χ0n) is 9.28. The number of hydrogen-bond donors (Lipinski definition) is 2. The molecule has 0 saturated carbocycles. The molecule has 0 aliphatic carbocycles. The molecule has 4 heteroatoms. The van der Waals surface area contributed by atoms with Gasteiger partial charge < -0.3 is 14.9 Å². The van der Waals surface area contributed by atoms with Gasteiger partial charge in [-0.3, -0.25) is 4.79 Å². The van der Waals surface area contributed by atoms with Crippen LogP contribution in [0.2, 0.25) is 0 Å². The molecule has 4 nitrogen and oxygen atoms in total. The predicted molar refractivity (Wildman–Crippen MR) is 53.1 cm³/mol. The molecule has 0 aliphatic rings. The van der Waals surface area contributed by atoms with Crippen molar-refractivity contribution >= 4 is 5.97 Å². The van der Waals surface area contributed by atoms with Crippen LogP contribution >= 0.6 is 0 Å². The Morgan fingerprint density at radius 3 is 2.21 bits per heavy atom. The normalized spacial score (nSPS) is 16.4. The highest BCUT2D eigenvalue weighted by Gasteiger charge is 2.32. The van der Waals surface area contributed by atoms with Crippen molar-refractivity contribution in [1.29, 1.82) is 0 Å². The van der Waals surface area contributed by atoms with Crippen LogP contribution in [0.15, 0.2) is 0 Å². The molecule has 0 radical (unpaired) electrons. The van der Waals surface area contributed by atoms with Crippen LogP contribution in [0.4, 0.5) is 0 Å². The highest BCUT2D eigenvalue weighted by molar-refractivity contribution is 5.70. The maximum Gasteiger partial charge on any atom is 0.307 e. The van der Waals surface area contributed by atoms with Crippen molar-refractivity contribution in [1.82, 2.24) is 0 Å². The van der Waals surface area contributed by atoms with Crippen molar-refractivity contribution in [2.24, 2.45) is 11.3 Å². The Bertz CT molecular complexity index is 183. The van der Waals surface area contributed by atoms with Crippen molar-refractivity contribution in [2.45, 2.75) is 33.3 Å². The van der Waals surface area contributed by atoms with Crippen molar-refractivity contribution in [3.63, 3.8) is 0 Å². The van der Waals surface area contributed by atoms with Gasteiger partial charge in [0, 0.05) is 7.11 Å². The minimum absolute atomic E-state index is 0.180. The lowest BCUT2D eigenvalue weighted by Crippen LogP contribution is -2.33. The van der Waals surface area contributed by atoms with Crippen LogP contribution in [-0.4, -0.2) is 36.0 Å². The fraction of sp³-hybridized carbons (Fsp3) is 0.900. The van der Waals surface area contributed by atoms with Crippen molar-refractivity contribution in [3.8, 4) is 0 Å². The molecule has 0 aromatic rings. The van der Waals surface area contributed by atoms with Crippen molar-refractivity contribution < 1.29 is 19.7 Å². The van der Waals surface area contributed by atoms with Gasteiger partial charge in [0.15, 0.2) is 0 Å². The Morgan fingerprint density at radius 1 is 1.43 bits per heavy atom. The monoisotopic (exact) mass is 204 g/mol. The first-order valence-corrected chi connectivity index (χ1v) is 4.68. The average molecular weight is 204 g/mol. The molecule has 0 aromatic carbocycles. The molecule has 14 heavy (non-hydrogen) atoms. The molecule has 2 atom stereocenters. The fourth-order valence-corrected chi connectivity index (χ4v) is 1.36. The quantitative estimate of drug-likeness (QED) is 0.704. The van der Waals surface area contributed by atoms with Crippen molar-refractivity contribution in [2.75, 3.05) is 13.7 Å². The second-order valence-electron chi connectivity index (χ2n) is 4.60. The highest BCUT2D eigenvalue weighted by atomic mass is 16.5. The van der Waals surface area contributed by atoms with E-state index in [1.165, 1.54) is 7.11 Å². The lowest BCUT2D eigenvalue weighted by atomic mass is 9.77. The zero-order valence-corrected chi connectivity index (χ0v) is 9.28. The van der Waals surface area contributed by atoms with E-state index >= 15 is 0 Å². The van der Waals surface area contributed by atoms with Gasteiger partial charge in [-0.2, -0.15) is 0 Å². The number of aliphatic hydroxyl groups excluding tert-OH is 1. The Balaban J connectivity index is 4.32. The van der Waals surface area contributed by atoms with Crippen LogP contribution < -0.4 is 0 Å². The summed E-state index contributed by atoms with van der Waals surface area (Å²) in [4.78, 5) is 10.9. The SMILES string of the molecule is COCC(O)CC(C(=O)O)C(C)(C)C.